The van der Waals surface area contributed by atoms with Crippen LogP contribution in [0.4, 0.5) is 5.69 Å². The van der Waals surface area contributed by atoms with Crippen LogP contribution in [-0.4, -0.2) is 46.7 Å². The predicted molar refractivity (Wildman–Crippen MR) is 138 cm³/mol. The van der Waals surface area contributed by atoms with Crippen molar-refractivity contribution in [3.63, 3.8) is 0 Å². The van der Waals surface area contributed by atoms with Crippen molar-refractivity contribution in [2.75, 3.05) is 30.6 Å². The lowest BCUT2D eigenvalue weighted by Gasteiger charge is -2.39. The molecule has 0 unspecified atom stereocenters. The van der Waals surface area contributed by atoms with Gasteiger partial charge in [0.1, 0.15) is 5.75 Å². The number of amides is 1. The number of carbonyl (C=O) groups is 1. The summed E-state index contributed by atoms with van der Waals surface area (Å²) < 4.78 is 40.1. The largest absolute Gasteiger partial charge is 0.476 e. The van der Waals surface area contributed by atoms with Gasteiger partial charge in [0.15, 0.2) is 6.10 Å². The minimum Gasteiger partial charge on any atom is -0.476 e. The Hall–Kier alpha value is -3.36. The van der Waals surface area contributed by atoms with Crippen molar-refractivity contribution in [1.82, 2.24) is 5.32 Å². The summed E-state index contributed by atoms with van der Waals surface area (Å²) in [6.07, 6.45) is 0.602. The van der Waals surface area contributed by atoms with Gasteiger partial charge >= 0.3 is 0 Å². The van der Waals surface area contributed by atoms with E-state index >= 15 is 0 Å². The maximum absolute atomic E-state index is 13.6. The molecule has 1 amide bonds. The quantitative estimate of drug-likeness (QED) is 0.550. The molecule has 5 rings (SSSR count). The number of hydrogen-bond donors (Lipinski definition) is 1. The fourth-order valence-electron chi connectivity index (χ4n) is 4.94. The Labute approximate surface area is 212 Å². The van der Waals surface area contributed by atoms with E-state index in [4.69, 9.17) is 9.47 Å². The van der Waals surface area contributed by atoms with Crippen LogP contribution in [0.15, 0.2) is 83.8 Å². The minimum absolute atomic E-state index is 0.110. The van der Waals surface area contributed by atoms with Crippen molar-refractivity contribution in [2.24, 2.45) is 0 Å². The molecule has 0 saturated carbocycles. The second-order valence-corrected chi connectivity index (χ2v) is 11.3. The van der Waals surface area contributed by atoms with E-state index in [1.807, 2.05) is 31.2 Å². The molecule has 3 aromatic rings. The maximum atomic E-state index is 13.6. The Balaban J connectivity index is 1.41. The van der Waals surface area contributed by atoms with Gasteiger partial charge in [-0.05, 0) is 55.2 Å². The van der Waals surface area contributed by atoms with Crippen LogP contribution in [0, 0.1) is 6.92 Å². The highest BCUT2D eigenvalue weighted by Gasteiger charge is 2.39. The fourth-order valence-corrected chi connectivity index (χ4v) is 6.43. The molecule has 2 aliphatic heterocycles. The molecule has 2 aliphatic rings. The van der Waals surface area contributed by atoms with Gasteiger partial charge in [-0.15, -0.1) is 0 Å². The third kappa shape index (κ3) is 4.70. The van der Waals surface area contributed by atoms with Crippen LogP contribution in [0.2, 0.25) is 0 Å². The van der Waals surface area contributed by atoms with Crippen molar-refractivity contribution >= 4 is 21.6 Å². The average molecular weight is 507 g/mol. The Morgan fingerprint density at radius 1 is 1.00 bits per heavy atom. The Morgan fingerprint density at radius 3 is 2.36 bits per heavy atom. The van der Waals surface area contributed by atoms with Crippen LogP contribution in [0.3, 0.4) is 0 Å². The minimum atomic E-state index is -3.89. The van der Waals surface area contributed by atoms with Gasteiger partial charge in [-0.25, -0.2) is 8.42 Å². The van der Waals surface area contributed by atoms with Crippen LogP contribution < -0.4 is 14.4 Å². The molecule has 8 heteroatoms. The number of nitrogens with zero attached hydrogens (tertiary/aromatic N) is 1. The smallest absolute Gasteiger partial charge is 0.264 e. The van der Waals surface area contributed by atoms with E-state index in [1.165, 1.54) is 4.31 Å². The standard InChI is InChI=1S/C28H30N2O5S/c1-21-12-13-25-24(18-21)30(36(32,33)23-10-6-3-7-11-23)19-26(35-25)27(31)29-20-28(14-16-34-17-15-28)22-8-4-2-5-9-22/h2-13,18,26H,14-17,19-20H2,1H3,(H,29,31)/t26-/m1/s1. The third-order valence-electron chi connectivity index (χ3n) is 7.04. The molecule has 1 atom stereocenters. The lowest BCUT2D eigenvalue weighted by atomic mass is 9.74. The highest BCUT2D eigenvalue weighted by Crippen LogP contribution is 2.38. The Bertz CT molecular complexity index is 1320. The second-order valence-electron chi connectivity index (χ2n) is 9.40. The zero-order valence-corrected chi connectivity index (χ0v) is 21.0. The number of anilines is 1. The number of sulfonamides is 1. The molecule has 0 radical (unpaired) electrons. The maximum Gasteiger partial charge on any atom is 0.264 e. The van der Waals surface area contributed by atoms with E-state index in [0.717, 1.165) is 24.0 Å². The SMILES string of the molecule is Cc1ccc2c(c1)N(S(=O)(=O)c1ccccc1)C[C@H](C(=O)NCC1(c3ccccc3)CCOCC1)O2. The molecule has 7 nitrogen and oxygen atoms in total. The zero-order valence-electron chi connectivity index (χ0n) is 20.2. The van der Waals surface area contributed by atoms with E-state index in [0.29, 0.717) is 31.2 Å². The highest BCUT2D eigenvalue weighted by atomic mass is 32.2. The van der Waals surface area contributed by atoms with Crippen LogP contribution in [-0.2, 0) is 25.0 Å². The number of nitrogens with one attached hydrogen (secondary N) is 1. The lowest BCUT2D eigenvalue weighted by Crippen LogP contribution is -2.53. The molecular formula is C28H30N2O5S. The topological polar surface area (TPSA) is 84.9 Å². The van der Waals surface area contributed by atoms with E-state index in [-0.39, 0.29) is 22.8 Å². The van der Waals surface area contributed by atoms with E-state index < -0.39 is 16.1 Å². The molecule has 2 heterocycles. The van der Waals surface area contributed by atoms with Crippen molar-refractivity contribution in [1.29, 1.82) is 0 Å². The highest BCUT2D eigenvalue weighted by molar-refractivity contribution is 7.92. The summed E-state index contributed by atoms with van der Waals surface area (Å²) in [5.74, 6) is 0.0339. The molecule has 3 aromatic carbocycles. The van der Waals surface area contributed by atoms with Gasteiger partial charge < -0.3 is 14.8 Å². The first kappa shape index (κ1) is 24.3. The first-order valence-electron chi connectivity index (χ1n) is 12.2. The summed E-state index contributed by atoms with van der Waals surface area (Å²) in [5.41, 5.74) is 2.26. The molecule has 0 spiro atoms. The van der Waals surface area contributed by atoms with Gasteiger partial charge in [0.2, 0.25) is 0 Å². The predicted octanol–water partition coefficient (Wildman–Crippen LogP) is 3.82. The number of ether oxygens (including phenoxy) is 2. The van der Waals surface area contributed by atoms with Gasteiger partial charge in [0.25, 0.3) is 15.9 Å². The molecule has 0 aromatic heterocycles. The second kappa shape index (κ2) is 9.95. The Kier molecular flexibility index (Phi) is 6.73. The van der Waals surface area contributed by atoms with Gasteiger partial charge in [0, 0.05) is 25.2 Å². The number of carbonyl (C=O) groups excluding carboxylic acids is 1. The lowest BCUT2D eigenvalue weighted by molar-refractivity contribution is -0.128. The normalized spacial score (nSPS) is 19.1. The molecular weight excluding hydrogens is 476 g/mol. The van der Waals surface area contributed by atoms with E-state index in [9.17, 15) is 13.2 Å². The summed E-state index contributed by atoms with van der Waals surface area (Å²) in [6.45, 7) is 3.45. The fraction of sp³-hybridized carbons (Fsp3) is 0.321. The molecule has 188 valence electrons. The van der Waals surface area contributed by atoms with E-state index in [1.54, 1.807) is 42.5 Å². The summed E-state index contributed by atoms with van der Waals surface area (Å²) in [6, 6.07) is 23.8. The first-order chi connectivity index (χ1) is 17.4. The molecule has 1 saturated heterocycles. The average Bonchev–Trinajstić information content (AvgIpc) is 2.92. The van der Waals surface area contributed by atoms with Crippen molar-refractivity contribution < 1.29 is 22.7 Å². The van der Waals surface area contributed by atoms with Crippen molar-refractivity contribution in [2.45, 2.75) is 36.2 Å². The third-order valence-corrected chi connectivity index (χ3v) is 8.84. The number of hydrogen-bond acceptors (Lipinski definition) is 5. The monoisotopic (exact) mass is 506 g/mol. The van der Waals surface area contributed by atoms with Crippen LogP contribution in [0.5, 0.6) is 5.75 Å². The zero-order chi connectivity index (χ0) is 25.2. The molecule has 0 aliphatic carbocycles. The summed E-state index contributed by atoms with van der Waals surface area (Å²) in [5, 5.41) is 3.07. The first-order valence-corrected chi connectivity index (χ1v) is 13.6. The van der Waals surface area contributed by atoms with Crippen molar-refractivity contribution in [3.8, 4) is 5.75 Å². The number of fused-ring (bicyclic) bond motifs is 1. The molecule has 1 N–H and O–H groups in total. The van der Waals surface area contributed by atoms with Gasteiger partial charge in [0.05, 0.1) is 17.1 Å². The van der Waals surface area contributed by atoms with Crippen LogP contribution >= 0.6 is 0 Å². The van der Waals surface area contributed by atoms with E-state index in [2.05, 4.69) is 17.4 Å². The Morgan fingerprint density at radius 2 is 1.67 bits per heavy atom. The molecule has 0 bridgehead atoms. The van der Waals surface area contributed by atoms with Gasteiger partial charge in [-0.3, -0.25) is 9.10 Å². The summed E-state index contributed by atoms with van der Waals surface area (Å²) in [4.78, 5) is 13.6. The number of benzene rings is 3. The number of aryl methyl sites for hydroxylation is 1. The van der Waals surface area contributed by atoms with Crippen molar-refractivity contribution in [3.05, 3.63) is 90.0 Å². The number of rotatable bonds is 6. The summed E-state index contributed by atoms with van der Waals surface area (Å²) in [7, 11) is -3.89. The van der Waals surface area contributed by atoms with Gasteiger partial charge in [-0.1, -0.05) is 54.6 Å². The summed E-state index contributed by atoms with van der Waals surface area (Å²) >= 11 is 0. The molecule has 1 fully saturated rings. The van der Waals surface area contributed by atoms with Crippen LogP contribution in [0.1, 0.15) is 24.0 Å². The van der Waals surface area contributed by atoms with Gasteiger partial charge in [-0.2, -0.15) is 0 Å². The van der Waals surface area contributed by atoms with Crippen LogP contribution in [0.25, 0.3) is 0 Å². The molecule has 36 heavy (non-hydrogen) atoms.